The Balaban J connectivity index is 2.10. The fourth-order valence-electron chi connectivity index (χ4n) is 1.54. The molecule has 0 saturated heterocycles. The molecule has 0 aliphatic carbocycles. The molecule has 2 aromatic rings. The maximum Gasteiger partial charge on any atom is 0.325 e. The Labute approximate surface area is 109 Å². The number of aromatic nitrogens is 2. The predicted molar refractivity (Wildman–Crippen MR) is 68.1 cm³/mol. The predicted octanol–water partition coefficient (Wildman–Crippen LogP) is 1.08. The summed E-state index contributed by atoms with van der Waals surface area (Å²) in [6.45, 7) is 1.42. The topological polar surface area (TPSA) is 84.2 Å². The number of rotatable bonds is 4. The van der Waals surface area contributed by atoms with Crippen molar-refractivity contribution in [1.82, 2.24) is 14.9 Å². The summed E-state index contributed by atoms with van der Waals surface area (Å²) >= 11 is 0. The average Bonchev–Trinajstić information content (AvgIpc) is 2.92. The highest BCUT2D eigenvalue weighted by Gasteiger charge is 2.14. The fraction of sp³-hybridized carbons (Fsp3) is 0.154. The lowest BCUT2D eigenvalue weighted by Crippen LogP contribution is -2.38. The van der Waals surface area contributed by atoms with Crippen LogP contribution in [0.1, 0.15) is 17.3 Å². The molecule has 1 amide bonds. The van der Waals surface area contributed by atoms with Gasteiger partial charge in [0.15, 0.2) is 0 Å². The Morgan fingerprint density at radius 1 is 1.32 bits per heavy atom. The Morgan fingerprint density at radius 3 is 2.53 bits per heavy atom. The number of imidazole rings is 1. The van der Waals surface area contributed by atoms with Gasteiger partial charge in [-0.25, -0.2) is 4.98 Å². The van der Waals surface area contributed by atoms with E-state index in [4.69, 9.17) is 5.11 Å². The third-order valence-electron chi connectivity index (χ3n) is 2.65. The Morgan fingerprint density at radius 2 is 2.00 bits per heavy atom. The van der Waals surface area contributed by atoms with E-state index in [-0.39, 0.29) is 0 Å². The Bertz CT molecular complexity index is 576. The summed E-state index contributed by atoms with van der Waals surface area (Å²) in [4.78, 5) is 26.3. The van der Waals surface area contributed by atoms with Gasteiger partial charge in [-0.15, -0.1) is 0 Å². The first kappa shape index (κ1) is 12.8. The van der Waals surface area contributed by atoms with E-state index in [1.807, 2.05) is 4.57 Å². The van der Waals surface area contributed by atoms with Crippen LogP contribution in [0.4, 0.5) is 0 Å². The Kier molecular flexibility index (Phi) is 3.61. The molecular formula is C13H13N3O3. The molecule has 1 atom stereocenters. The summed E-state index contributed by atoms with van der Waals surface area (Å²) < 4.78 is 1.81. The number of hydrogen-bond acceptors (Lipinski definition) is 3. The van der Waals surface area contributed by atoms with Crippen LogP contribution in [-0.2, 0) is 4.79 Å². The van der Waals surface area contributed by atoms with Gasteiger partial charge in [0, 0.05) is 23.6 Å². The number of aliphatic carboxylic acids is 1. The van der Waals surface area contributed by atoms with E-state index in [0.717, 1.165) is 5.69 Å². The van der Waals surface area contributed by atoms with E-state index >= 15 is 0 Å². The number of nitrogens with one attached hydrogen (secondary N) is 1. The van der Waals surface area contributed by atoms with Crippen LogP contribution in [0.25, 0.3) is 5.69 Å². The van der Waals surface area contributed by atoms with Crippen molar-refractivity contribution in [1.29, 1.82) is 0 Å². The van der Waals surface area contributed by atoms with Gasteiger partial charge in [-0.05, 0) is 31.2 Å². The van der Waals surface area contributed by atoms with Crippen LogP contribution >= 0.6 is 0 Å². The van der Waals surface area contributed by atoms with Crippen LogP contribution in [0.3, 0.4) is 0 Å². The number of hydrogen-bond donors (Lipinski definition) is 2. The standard InChI is InChI=1S/C13H13N3O3/c1-9(13(18)19)15-12(17)10-2-4-11(5-3-10)16-7-6-14-8-16/h2-9H,1H3,(H,15,17)(H,18,19). The highest BCUT2D eigenvalue weighted by Crippen LogP contribution is 2.09. The van der Waals surface area contributed by atoms with E-state index in [1.165, 1.54) is 6.92 Å². The lowest BCUT2D eigenvalue weighted by Gasteiger charge is -2.09. The van der Waals surface area contributed by atoms with Crippen molar-refractivity contribution in [2.45, 2.75) is 13.0 Å². The summed E-state index contributed by atoms with van der Waals surface area (Å²) in [6.07, 6.45) is 5.11. The van der Waals surface area contributed by atoms with Gasteiger partial charge in [-0.3, -0.25) is 9.59 Å². The SMILES string of the molecule is CC(NC(=O)c1ccc(-n2ccnc2)cc1)C(=O)O. The lowest BCUT2D eigenvalue weighted by molar-refractivity contribution is -0.138. The average molecular weight is 259 g/mol. The maximum absolute atomic E-state index is 11.8. The molecule has 0 bridgehead atoms. The normalized spacial score (nSPS) is 11.8. The number of amides is 1. The molecule has 6 heteroatoms. The van der Waals surface area contributed by atoms with Gasteiger partial charge in [0.1, 0.15) is 6.04 Å². The number of carbonyl (C=O) groups is 2. The van der Waals surface area contributed by atoms with Gasteiger partial charge in [-0.1, -0.05) is 0 Å². The smallest absolute Gasteiger partial charge is 0.325 e. The van der Waals surface area contributed by atoms with Gasteiger partial charge >= 0.3 is 5.97 Å². The molecule has 0 aliphatic rings. The molecule has 6 nitrogen and oxygen atoms in total. The Hall–Kier alpha value is -2.63. The number of carbonyl (C=O) groups excluding carboxylic acids is 1. The first-order chi connectivity index (χ1) is 9.08. The molecule has 1 heterocycles. The molecule has 2 N–H and O–H groups in total. The van der Waals surface area contributed by atoms with Crippen LogP contribution in [0.15, 0.2) is 43.0 Å². The third-order valence-corrected chi connectivity index (χ3v) is 2.65. The summed E-state index contributed by atoms with van der Waals surface area (Å²) in [6, 6.07) is 5.89. The minimum absolute atomic E-state index is 0.410. The van der Waals surface area contributed by atoms with Crippen molar-refractivity contribution in [3.8, 4) is 5.69 Å². The minimum atomic E-state index is -1.07. The summed E-state index contributed by atoms with van der Waals surface area (Å²) in [5.41, 5.74) is 1.29. The van der Waals surface area contributed by atoms with E-state index < -0.39 is 17.9 Å². The van der Waals surface area contributed by atoms with Gasteiger partial charge in [-0.2, -0.15) is 0 Å². The zero-order valence-corrected chi connectivity index (χ0v) is 10.3. The van der Waals surface area contributed by atoms with Crippen molar-refractivity contribution in [3.63, 3.8) is 0 Å². The minimum Gasteiger partial charge on any atom is -0.480 e. The first-order valence-electron chi connectivity index (χ1n) is 5.70. The van der Waals surface area contributed by atoms with Gasteiger partial charge in [0.05, 0.1) is 6.33 Å². The maximum atomic E-state index is 11.8. The number of benzene rings is 1. The van der Waals surface area contributed by atoms with Crippen molar-refractivity contribution in [2.75, 3.05) is 0 Å². The van der Waals surface area contributed by atoms with Crippen LogP contribution in [-0.4, -0.2) is 32.6 Å². The molecule has 0 saturated carbocycles. The fourth-order valence-corrected chi connectivity index (χ4v) is 1.54. The molecule has 0 fully saturated rings. The molecule has 2 rings (SSSR count). The third kappa shape index (κ3) is 2.98. The zero-order chi connectivity index (χ0) is 13.8. The van der Waals surface area contributed by atoms with Crippen molar-refractivity contribution < 1.29 is 14.7 Å². The van der Waals surface area contributed by atoms with Crippen LogP contribution in [0, 0.1) is 0 Å². The number of carboxylic acids is 1. The van der Waals surface area contributed by atoms with E-state index in [0.29, 0.717) is 5.56 Å². The number of nitrogens with zero attached hydrogens (tertiary/aromatic N) is 2. The molecule has 1 unspecified atom stereocenters. The van der Waals surface area contributed by atoms with Crippen molar-refractivity contribution >= 4 is 11.9 Å². The second kappa shape index (κ2) is 5.34. The van der Waals surface area contributed by atoms with E-state index in [2.05, 4.69) is 10.3 Å². The van der Waals surface area contributed by atoms with Gasteiger partial charge < -0.3 is 15.0 Å². The second-order valence-corrected chi connectivity index (χ2v) is 4.05. The van der Waals surface area contributed by atoms with Crippen LogP contribution < -0.4 is 5.32 Å². The molecule has 98 valence electrons. The molecule has 0 radical (unpaired) electrons. The monoisotopic (exact) mass is 259 g/mol. The lowest BCUT2D eigenvalue weighted by atomic mass is 10.2. The van der Waals surface area contributed by atoms with Gasteiger partial charge in [0.25, 0.3) is 5.91 Å². The molecular weight excluding hydrogens is 246 g/mol. The van der Waals surface area contributed by atoms with Crippen molar-refractivity contribution in [2.24, 2.45) is 0 Å². The second-order valence-electron chi connectivity index (χ2n) is 4.05. The molecule has 0 aliphatic heterocycles. The summed E-state index contributed by atoms with van der Waals surface area (Å²) in [5.74, 6) is -1.48. The quantitative estimate of drug-likeness (QED) is 0.860. The highest BCUT2D eigenvalue weighted by molar-refractivity contribution is 5.96. The first-order valence-corrected chi connectivity index (χ1v) is 5.70. The van der Waals surface area contributed by atoms with E-state index in [1.54, 1.807) is 43.0 Å². The zero-order valence-electron chi connectivity index (χ0n) is 10.3. The van der Waals surface area contributed by atoms with Crippen LogP contribution in [0.2, 0.25) is 0 Å². The summed E-state index contributed by atoms with van der Waals surface area (Å²) in [7, 11) is 0. The van der Waals surface area contributed by atoms with Crippen LogP contribution in [0.5, 0.6) is 0 Å². The number of carboxylic acid groups (broad SMARTS) is 1. The molecule has 0 spiro atoms. The summed E-state index contributed by atoms with van der Waals surface area (Å²) in [5, 5.41) is 11.1. The van der Waals surface area contributed by atoms with Gasteiger partial charge in [0.2, 0.25) is 0 Å². The molecule has 1 aromatic carbocycles. The molecule has 1 aromatic heterocycles. The molecule has 19 heavy (non-hydrogen) atoms. The highest BCUT2D eigenvalue weighted by atomic mass is 16.4. The van der Waals surface area contributed by atoms with E-state index in [9.17, 15) is 9.59 Å². The van der Waals surface area contributed by atoms with Crippen molar-refractivity contribution in [3.05, 3.63) is 48.5 Å². The largest absolute Gasteiger partial charge is 0.480 e.